The number of aromatic nitrogens is 1. The van der Waals surface area contributed by atoms with Gasteiger partial charge in [-0.1, -0.05) is 39.0 Å². The van der Waals surface area contributed by atoms with Crippen molar-refractivity contribution in [3.05, 3.63) is 45.9 Å². The average Bonchev–Trinajstić information content (AvgIpc) is 3.04. The maximum absolute atomic E-state index is 5.58. The Labute approximate surface area is 148 Å². The van der Waals surface area contributed by atoms with Gasteiger partial charge in [0, 0.05) is 36.3 Å². The summed E-state index contributed by atoms with van der Waals surface area (Å²) in [6.45, 7) is 10.6. The Morgan fingerprint density at radius 3 is 2.83 bits per heavy atom. The van der Waals surface area contributed by atoms with Crippen LogP contribution >= 0.6 is 11.3 Å². The van der Waals surface area contributed by atoms with Crippen molar-refractivity contribution in [1.29, 1.82) is 0 Å². The summed E-state index contributed by atoms with van der Waals surface area (Å²) in [5.74, 6) is 0.964. The zero-order valence-corrected chi connectivity index (χ0v) is 15.8. The van der Waals surface area contributed by atoms with Crippen LogP contribution in [0.4, 0.5) is 0 Å². The van der Waals surface area contributed by atoms with Gasteiger partial charge < -0.3 is 10.1 Å². The van der Waals surface area contributed by atoms with E-state index in [0.29, 0.717) is 6.04 Å². The molecule has 24 heavy (non-hydrogen) atoms. The highest BCUT2D eigenvalue weighted by atomic mass is 32.1. The number of hydrogen-bond acceptors (Lipinski definition) is 5. The number of piperazine rings is 1. The highest BCUT2D eigenvalue weighted by molar-refractivity contribution is 7.11. The van der Waals surface area contributed by atoms with Crippen molar-refractivity contribution in [2.24, 2.45) is 0 Å². The van der Waals surface area contributed by atoms with E-state index >= 15 is 0 Å². The standard InChI is InChI=1S/C19H27N3OS/c1-19(2,3)17-12-21-18(24-17)13-22-10-9-20-11-15(22)14-7-5-6-8-16(14)23-4/h5-8,12,15,20H,9-11,13H2,1-4H3. The Morgan fingerprint density at radius 1 is 1.33 bits per heavy atom. The van der Waals surface area contributed by atoms with Crippen LogP contribution in [0.3, 0.4) is 0 Å². The number of para-hydroxylation sites is 1. The summed E-state index contributed by atoms with van der Waals surface area (Å²) in [5, 5.41) is 4.71. The molecule has 1 fully saturated rings. The van der Waals surface area contributed by atoms with Crippen LogP contribution in [0, 0.1) is 0 Å². The minimum absolute atomic E-state index is 0.168. The first kappa shape index (κ1) is 17.4. The smallest absolute Gasteiger partial charge is 0.123 e. The minimum atomic E-state index is 0.168. The van der Waals surface area contributed by atoms with Gasteiger partial charge in [-0.2, -0.15) is 0 Å². The molecular weight excluding hydrogens is 318 g/mol. The van der Waals surface area contributed by atoms with Gasteiger partial charge in [0.15, 0.2) is 0 Å². The SMILES string of the molecule is COc1ccccc1C1CNCCN1Cc1ncc(C(C)(C)C)s1. The summed E-state index contributed by atoms with van der Waals surface area (Å²) in [7, 11) is 1.75. The fourth-order valence-electron chi connectivity index (χ4n) is 3.09. The number of thiazole rings is 1. The molecule has 1 aromatic carbocycles. The lowest BCUT2D eigenvalue weighted by Crippen LogP contribution is -2.45. The van der Waals surface area contributed by atoms with E-state index < -0.39 is 0 Å². The molecule has 5 heteroatoms. The molecule has 0 radical (unpaired) electrons. The van der Waals surface area contributed by atoms with E-state index in [4.69, 9.17) is 4.74 Å². The Balaban J connectivity index is 1.81. The summed E-state index contributed by atoms with van der Waals surface area (Å²) in [6.07, 6.45) is 2.04. The largest absolute Gasteiger partial charge is 0.496 e. The van der Waals surface area contributed by atoms with Crippen molar-refractivity contribution in [2.45, 2.75) is 38.8 Å². The van der Waals surface area contributed by atoms with Crippen LogP contribution in [-0.4, -0.2) is 36.6 Å². The molecule has 1 aromatic heterocycles. The van der Waals surface area contributed by atoms with Crippen LogP contribution < -0.4 is 10.1 Å². The Kier molecular flexibility index (Phi) is 5.23. The Hall–Kier alpha value is -1.43. The van der Waals surface area contributed by atoms with E-state index in [9.17, 15) is 0 Å². The molecule has 0 bridgehead atoms. The van der Waals surface area contributed by atoms with Crippen molar-refractivity contribution in [2.75, 3.05) is 26.7 Å². The molecule has 0 saturated carbocycles. The highest BCUT2D eigenvalue weighted by Gasteiger charge is 2.27. The van der Waals surface area contributed by atoms with Crippen LogP contribution in [0.15, 0.2) is 30.5 Å². The molecule has 1 atom stereocenters. The highest BCUT2D eigenvalue weighted by Crippen LogP contribution is 2.33. The summed E-state index contributed by atoms with van der Waals surface area (Å²) in [4.78, 5) is 8.53. The second-order valence-corrected chi connectivity index (χ2v) is 8.42. The zero-order chi connectivity index (χ0) is 17.2. The van der Waals surface area contributed by atoms with Crippen LogP contribution in [0.25, 0.3) is 0 Å². The van der Waals surface area contributed by atoms with E-state index in [0.717, 1.165) is 31.9 Å². The summed E-state index contributed by atoms with van der Waals surface area (Å²) in [5.41, 5.74) is 1.42. The van der Waals surface area contributed by atoms with Gasteiger partial charge >= 0.3 is 0 Å². The molecule has 1 aliphatic heterocycles. The number of hydrogen-bond donors (Lipinski definition) is 1. The van der Waals surface area contributed by atoms with Gasteiger partial charge in [-0.15, -0.1) is 11.3 Å². The fourth-order valence-corrected chi connectivity index (χ4v) is 4.09. The molecule has 3 rings (SSSR count). The molecule has 2 aromatic rings. The first-order chi connectivity index (χ1) is 11.5. The van der Waals surface area contributed by atoms with Gasteiger partial charge in [0.25, 0.3) is 0 Å². The molecule has 1 saturated heterocycles. The number of rotatable bonds is 4. The third-order valence-corrected chi connectivity index (χ3v) is 5.89. The molecule has 1 aliphatic rings. The predicted octanol–water partition coefficient (Wildman–Crippen LogP) is 3.60. The van der Waals surface area contributed by atoms with Crippen LogP contribution in [0.1, 0.15) is 42.3 Å². The predicted molar refractivity (Wildman–Crippen MR) is 99.8 cm³/mol. The zero-order valence-electron chi connectivity index (χ0n) is 15.0. The number of nitrogens with one attached hydrogen (secondary N) is 1. The van der Waals surface area contributed by atoms with E-state index in [1.54, 1.807) is 7.11 Å². The second kappa shape index (κ2) is 7.21. The molecule has 130 valence electrons. The Morgan fingerprint density at radius 2 is 2.12 bits per heavy atom. The number of benzene rings is 1. The maximum atomic E-state index is 5.58. The molecule has 4 nitrogen and oxygen atoms in total. The van der Waals surface area contributed by atoms with Gasteiger partial charge in [-0.05, 0) is 11.5 Å². The van der Waals surface area contributed by atoms with Gasteiger partial charge in [0.1, 0.15) is 10.8 Å². The van der Waals surface area contributed by atoms with Gasteiger partial charge in [0.2, 0.25) is 0 Å². The second-order valence-electron chi connectivity index (χ2n) is 7.30. The molecule has 0 aliphatic carbocycles. The van der Waals surface area contributed by atoms with Crippen molar-refractivity contribution < 1.29 is 4.74 Å². The topological polar surface area (TPSA) is 37.4 Å². The summed E-state index contributed by atoms with van der Waals surface area (Å²) < 4.78 is 5.58. The van der Waals surface area contributed by atoms with Crippen LogP contribution in [0.2, 0.25) is 0 Å². The number of nitrogens with zero attached hydrogens (tertiary/aromatic N) is 2. The lowest BCUT2D eigenvalue weighted by atomic mass is 9.96. The molecule has 1 N–H and O–H groups in total. The van der Waals surface area contributed by atoms with Gasteiger partial charge in [-0.3, -0.25) is 4.90 Å². The summed E-state index contributed by atoms with van der Waals surface area (Å²) in [6, 6.07) is 8.65. The van der Waals surface area contributed by atoms with Gasteiger partial charge in [-0.25, -0.2) is 4.98 Å². The van der Waals surface area contributed by atoms with E-state index in [-0.39, 0.29) is 5.41 Å². The van der Waals surface area contributed by atoms with Crippen molar-refractivity contribution in [3.63, 3.8) is 0 Å². The lowest BCUT2D eigenvalue weighted by molar-refractivity contribution is 0.151. The lowest BCUT2D eigenvalue weighted by Gasteiger charge is -2.36. The average molecular weight is 346 g/mol. The molecule has 0 amide bonds. The summed E-state index contributed by atoms with van der Waals surface area (Å²) >= 11 is 1.84. The van der Waals surface area contributed by atoms with E-state index in [1.165, 1.54) is 15.4 Å². The van der Waals surface area contributed by atoms with E-state index in [1.807, 2.05) is 29.7 Å². The molecular formula is C19H27N3OS. The quantitative estimate of drug-likeness (QED) is 0.919. The first-order valence-corrected chi connectivity index (χ1v) is 9.33. The number of methoxy groups -OCH3 is 1. The number of ether oxygens (including phenoxy) is 1. The van der Waals surface area contributed by atoms with Gasteiger partial charge in [0.05, 0.1) is 19.7 Å². The monoisotopic (exact) mass is 345 g/mol. The minimum Gasteiger partial charge on any atom is -0.496 e. The van der Waals surface area contributed by atoms with Crippen molar-refractivity contribution >= 4 is 11.3 Å². The van der Waals surface area contributed by atoms with Crippen LogP contribution in [0.5, 0.6) is 5.75 Å². The molecule has 2 heterocycles. The maximum Gasteiger partial charge on any atom is 0.123 e. The van der Waals surface area contributed by atoms with Crippen LogP contribution in [-0.2, 0) is 12.0 Å². The third-order valence-electron chi connectivity index (χ3n) is 4.48. The van der Waals surface area contributed by atoms with Crippen molar-refractivity contribution in [3.8, 4) is 5.75 Å². The molecule has 1 unspecified atom stereocenters. The fraction of sp³-hybridized carbons (Fsp3) is 0.526. The molecule has 0 spiro atoms. The van der Waals surface area contributed by atoms with E-state index in [2.05, 4.69) is 48.1 Å². The Bertz CT molecular complexity index is 677. The first-order valence-electron chi connectivity index (χ1n) is 8.52. The normalized spacial score (nSPS) is 19.4. The van der Waals surface area contributed by atoms with Crippen molar-refractivity contribution in [1.82, 2.24) is 15.2 Å². The third kappa shape index (κ3) is 3.79.